The number of aromatic nitrogens is 1. The van der Waals surface area contributed by atoms with Gasteiger partial charge in [0.05, 0.1) is 5.76 Å². The number of rotatable bonds is 3. The van der Waals surface area contributed by atoms with Crippen LogP contribution < -0.4 is 0 Å². The molecular formula is C48H46IrNO2. The van der Waals surface area contributed by atoms with E-state index in [-0.39, 0.29) is 37.1 Å². The fourth-order valence-electron chi connectivity index (χ4n) is 5.35. The van der Waals surface area contributed by atoms with Gasteiger partial charge in [-0.15, -0.1) is 52.2 Å². The number of hydrogen-bond donors (Lipinski definition) is 1. The Kier molecular flexibility index (Phi) is 15.9. The van der Waals surface area contributed by atoms with Crippen molar-refractivity contribution in [1.82, 2.24) is 4.98 Å². The summed E-state index contributed by atoms with van der Waals surface area (Å²) in [4.78, 5) is 14.6. The third kappa shape index (κ3) is 12.9. The van der Waals surface area contributed by atoms with Crippen LogP contribution in [0.25, 0.3) is 43.9 Å². The van der Waals surface area contributed by atoms with E-state index in [9.17, 15) is 4.79 Å². The summed E-state index contributed by atoms with van der Waals surface area (Å²) in [5.41, 5.74) is 8.29. The molecule has 3 nitrogen and oxygen atoms in total. The molecule has 0 saturated carbocycles. The fourth-order valence-corrected chi connectivity index (χ4v) is 5.35. The van der Waals surface area contributed by atoms with Crippen LogP contribution in [0.5, 0.6) is 0 Å². The van der Waals surface area contributed by atoms with Crippen molar-refractivity contribution in [2.45, 2.75) is 53.9 Å². The molecule has 1 heterocycles. The minimum Gasteiger partial charge on any atom is -0.512 e. The molecule has 0 aliphatic carbocycles. The SMILES string of the molecule is CC(=O)/C=C(/C)O.CC(C)(C)c1ccc(-c2[c-]ccc(-c3ccccc3)c2)nc1.Cc1[c-]ccc(C)c1.[Ir+3].[c-]1ccc2c(c1)ccc1ccccc12. The van der Waals surface area contributed by atoms with Crippen molar-refractivity contribution in [2.24, 2.45) is 0 Å². The number of aryl methyl sites for hydroxylation is 2. The molecule has 0 unspecified atom stereocenters. The van der Waals surface area contributed by atoms with Gasteiger partial charge in [-0.1, -0.05) is 107 Å². The number of aliphatic hydroxyl groups excluding tert-OH is 1. The van der Waals surface area contributed by atoms with Gasteiger partial charge in [-0.3, -0.25) is 4.79 Å². The number of aliphatic hydroxyl groups is 1. The Hall–Kier alpha value is -5.15. The van der Waals surface area contributed by atoms with Crippen molar-refractivity contribution in [3.8, 4) is 22.4 Å². The normalized spacial score (nSPS) is 10.7. The zero-order valence-corrected chi connectivity index (χ0v) is 33.4. The summed E-state index contributed by atoms with van der Waals surface area (Å²) in [7, 11) is 0. The van der Waals surface area contributed by atoms with Gasteiger partial charge in [0.15, 0.2) is 5.78 Å². The molecule has 264 valence electrons. The molecule has 52 heavy (non-hydrogen) atoms. The maximum atomic E-state index is 10.0. The zero-order chi connectivity index (χ0) is 36.8. The Morgan fingerprint density at radius 3 is 1.98 bits per heavy atom. The fraction of sp³-hybridized carbons (Fsp3) is 0.167. The van der Waals surface area contributed by atoms with Gasteiger partial charge in [0.25, 0.3) is 0 Å². The van der Waals surface area contributed by atoms with Gasteiger partial charge in [0, 0.05) is 12.3 Å². The van der Waals surface area contributed by atoms with Crippen molar-refractivity contribution < 1.29 is 30.0 Å². The zero-order valence-electron chi connectivity index (χ0n) is 31.0. The van der Waals surface area contributed by atoms with E-state index in [1.54, 1.807) is 0 Å². The van der Waals surface area contributed by atoms with Gasteiger partial charge in [0.1, 0.15) is 0 Å². The Bertz CT molecular complexity index is 2120. The smallest absolute Gasteiger partial charge is 0.512 e. The number of carbonyl (C=O) groups is 1. The van der Waals surface area contributed by atoms with Crippen LogP contribution in [0, 0.1) is 32.0 Å². The van der Waals surface area contributed by atoms with Gasteiger partial charge < -0.3 is 10.1 Å². The number of carbonyl (C=O) groups excluding carboxylic acids is 1. The van der Waals surface area contributed by atoms with Crippen LogP contribution in [-0.2, 0) is 30.3 Å². The molecule has 4 heteroatoms. The second kappa shape index (κ2) is 20.0. The molecular weight excluding hydrogens is 815 g/mol. The van der Waals surface area contributed by atoms with Gasteiger partial charge in [-0.05, 0) is 46.9 Å². The average molecular weight is 861 g/mol. The Labute approximate surface area is 323 Å². The summed E-state index contributed by atoms with van der Waals surface area (Å²) < 4.78 is 0. The summed E-state index contributed by atoms with van der Waals surface area (Å²) in [6.07, 6.45) is 3.14. The van der Waals surface area contributed by atoms with Crippen LogP contribution in [0.2, 0.25) is 0 Å². The molecule has 0 fully saturated rings. The molecule has 6 aromatic carbocycles. The minimum atomic E-state index is -0.125. The molecule has 0 spiro atoms. The van der Waals surface area contributed by atoms with E-state index in [0.717, 1.165) is 11.3 Å². The predicted molar refractivity (Wildman–Crippen MR) is 215 cm³/mol. The number of nitrogens with zero attached hydrogens (tertiary/aromatic N) is 1. The predicted octanol–water partition coefficient (Wildman–Crippen LogP) is 12.4. The molecule has 0 aliphatic heterocycles. The third-order valence-electron chi connectivity index (χ3n) is 7.92. The third-order valence-corrected chi connectivity index (χ3v) is 7.92. The largest absolute Gasteiger partial charge is 3.00 e. The Morgan fingerprint density at radius 2 is 1.38 bits per heavy atom. The summed E-state index contributed by atoms with van der Waals surface area (Å²) in [6.45, 7) is 13.6. The summed E-state index contributed by atoms with van der Waals surface area (Å²) >= 11 is 0. The van der Waals surface area contributed by atoms with Crippen LogP contribution in [0.15, 0.2) is 151 Å². The molecule has 0 radical (unpaired) electrons. The number of hydrogen-bond acceptors (Lipinski definition) is 3. The molecule has 0 aliphatic rings. The summed E-state index contributed by atoms with van der Waals surface area (Å²) in [5, 5.41) is 13.5. The van der Waals surface area contributed by atoms with Crippen LogP contribution in [0.3, 0.4) is 0 Å². The number of allylic oxidation sites excluding steroid dienone is 2. The number of pyridine rings is 1. The Balaban J connectivity index is 0.000000207. The molecule has 1 aromatic heterocycles. The van der Waals surface area contributed by atoms with Crippen LogP contribution >= 0.6 is 0 Å². The van der Waals surface area contributed by atoms with Crippen molar-refractivity contribution >= 4 is 27.3 Å². The summed E-state index contributed by atoms with van der Waals surface area (Å²) in [5.74, 6) is -0.0625. The molecule has 0 saturated heterocycles. The quantitative estimate of drug-likeness (QED) is 0.0833. The van der Waals surface area contributed by atoms with E-state index < -0.39 is 0 Å². The number of ketones is 1. The van der Waals surface area contributed by atoms with E-state index in [4.69, 9.17) is 5.11 Å². The average Bonchev–Trinajstić information content (AvgIpc) is 3.12. The van der Waals surface area contributed by atoms with Gasteiger partial charge in [-0.25, -0.2) is 0 Å². The maximum Gasteiger partial charge on any atom is 3.00 e. The van der Waals surface area contributed by atoms with Gasteiger partial charge >= 0.3 is 20.1 Å². The second-order valence-corrected chi connectivity index (χ2v) is 13.4. The van der Waals surface area contributed by atoms with Crippen molar-refractivity contribution in [3.05, 3.63) is 186 Å². The topological polar surface area (TPSA) is 50.2 Å². The number of fused-ring (bicyclic) bond motifs is 3. The van der Waals surface area contributed by atoms with Gasteiger partial charge in [0.2, 0.25) is 0 Å². The molecule has 7 rings (SSSR count). The van der Waals surface area contributed by atoms with Crippen molar-refractivity contribution in [3.63, 3.8) is 0 Å². The molecule has 1 N–H and O–H groups in total. The molecule has 0 bridgehead atoms. The van der Waals surface area contributed by atoms with Crippen LogP contribution in [-0.4, -0.2) is 15.9 Å². The van der Waals surface area contributed by atoms with Crippen molar-refractivity contribution in [2.75, 3.05) is 0 Å². The molecule has 0 atom stereocenters. The first-order chi connectivity index (χ1) is 24.4. The molecule has 7 aromatic rings. The monoisotopic (exact) mass is 861 g/mol. The first-order valence-corrected chi connectivity index (χ1v) is 17.0. The van der Waals surface area contributed by atoms with Crippen LogP contribution in [0.1, 0.15) is 51.3 Å². The van der Waals surface area contributed by atoms with E-state index in [1.807, 2.05) is 49.5 Å². The summed E-state index contributed by atoms with van der Waals surface area (Å²) in [6, 6.07) is 55.3. The molecule has 0 amide bonds. The standard InChI is InChI=1S/C21H20N.C14H9.C8H9.C5H8O2.Ir/c1-21(2,3)19-12-13-20(22-15-19)18-11-7-10-17(14-18)16-8-5-4-6-9-16;1-3-7-13-11(5-1)9-10-12-6-2-4-8-14(12)13;1-7-4-3-5-8(2)6-7;1-4(6)3-5(2)7;/h4-10,12-15H,1-3H3;1,3-10H;3-4,6H,1-2H3;3,6H,1-2H3;/q3*-1;;+3/b;;;4-3-;. The van der Waals surface area contributed by atoms with E-state index in [2.05, 4.69) is 148 Å². The van der Waals surface area contributed by atoms with E-state index in [1.165, 1.54) is 69.3 Å². The number of benzene rings is 6. The van der Waals surface area contributed by atoms with E-state index >= 15 is 0 Å². The minimum absolute atomic E-state index is 0. The van der Waals surface area contributed by atoms with E-state index in [0.29, 0.717) is 0 Å². The van der Waals surface area contributed by atoms with Crippen molar-refractivity contribution in [1.29, 1.82) is 0 Å². The maximum absolute atomic E-state index is 10.0. The second-order valence-electron chi connectivity index (χ2n) is 13.4. The first kappa shape index (κ1) is 41.3. The van der Waals surface area contributed by atoms with Gasteiger partial charge in [-0.2, -0.15) is 59.7 Å². The first-order valence-electron chi connectivity index (χ1n) is 17.0. The van der Waals surface area contributed by atoms with Crippen LogP contribution in [0.4, 0.5) is 0 Å². The Morgan fingerprint density at radius 1 is 0.712 bits per heavy atom.